The fourth-order valence-corrected chi connectivity index (χ4v) is 2.34. The molecule has 0 unspecified atom stereocenters. The maximum atomic E-state index is 12.7. The molecule has 0 atom stereocenters. The maximum Gasteiger partial charge on any atom is 0.254 e. The summed E-state index contributed by atoms with van der Waals surface area (Å²) in [6.45, 7) is 4.25. The van der Waals surface area contributed by atoms with Gasteiger partial charge in [0.2, 0.25) is 5.91 Å². The number of nitrogens with zero attached hydrogens (tertiary/aromatic N) is 1. The molecule has 0 aromatic heterocycles. The van der Waals surface area contributed by atoms with Gasteiger partial charge in [0, 0.05) is 30.3 Å². The van der Waals surface area contributed by atoms with E-state index in [2.05, 4.69) is 5.32 Å². The minimum Gasteiger partial charge on any atom is -0.395 e. The van der Waals surface area contributed by atoms with Crippen LogP contribution in [0.25, 0.3) is 0 Å². The van der Waals surface area contributed by atoms with Crippen LogP contribution < -0.4 is 5.32 Å². The zero-order chi connectivity index (χ0) is 18.2. The van der Waals surface area contributed by atoms with E-state index in [9.17, 15) is 14.7 Å². The summed E-state index contributed by atoms with van der Waals surface area (Å²) in [5, 5.41) is 12.1. The Kier molecular flexibility index (Phi) is 6.71. The van der Waals surface area contributed by atoms with Gasteiger partial charge in [0.25, 0.3) is 5.91 Å². The summed E-state index contributed by atoms with van der Waals surface area (Å²) in [6, 6.07) is 16.5. The third-order valence-corrected chi connectivity index (χ3v) is 3.80. The predicted octanol–water partition coefficient (Wildman–Crippen LogP) is 2.92. The van der Waals surface area contributed by atoms with Crippen LogP contribution in [0.15, 0.2) is 54.6 Å². The highest BCUT2D eigenvalue weighted by atomic mass is 16.3. The largest absolute Gasteiger partial charge is 0.395 e. The Bertz CT molecular complexity index is 697. The molecule has 0 heterocycles. The molecule has 0 bridgehead atoms. The number of benzene rings is 2. The van der Waals surface area contributed by atoms with Gasteiger partial charge >= 0.3 is 0 Å². The Morgan fingerprint density at radius 1 is 1.04 bits per heavy atom. The smallest absolute Gasteiger partial charge is 0.254 e. The van der Waals surface area contributed by atoms with Crippen molar-refractivity contribution in [3.8, 4) is 0 Å². The zero-order valence-corrected chi connectivity index (χ0v) is 14.6. The number of anilines is 1. The second-order valence-electron chi connectivity index (χ2n) is 6.16. The molecule has 0 aliphatic carbocycles. The van der Waals surface area contributed by atoms with Crippen molar-refractivity contribution in [3.63, 3.8) is 0 Å². The lowest BCUT2D eigenvalue weighted by molar-refractivity contribution is -0.118. The van der Waals surface area contributed by atoms with Gasteiger partial charge in [0.15, 0.2) is 0 Å². The van der Waals surface area contributed by atoms with E-state index in [-0.39, 0.29) is 30.9 Å². The molecule has 25 heavy (non-hydrogen) atoms. The first-order valence-corrected chi connectivity index (χ1v) is 8.36. The van der Waals surface area contributed by atoms with Gasteiger partial charge < -0.3 is 15.3 Å². The van der Waals surface area contributed by atoms with E-state index in [0.29, 0.717) is 17.8 Å². The highest BCUT2D eigenvalue weighted by Gasteiger charge is 2.16. The number of amides is 2. The van der Waals surface area contributed by atoms with Crippen LogP contribution in [0.2, 0.25) is 0 Å². The van der Waals surface area contributed by atoms with E-state index in [0.717, 1.165) is 5.56 Å². The van der Waals surface area contributed by atoms with Crippen molar-refractivity contribution in [3.05, 3.63) is 65.7 Å². The number of rotatable bonds is 7. The summed E-state index contributed by atoms with van der Waals surface area (Å²) in [4.78, 5) is 26.0. The third-order valence-electron chi connectivity index (χ3n) is 3.80. The molecule has 5 heteroatoms. The monoisotopic (exact) mass is 340 g/mol. The molecule has 2 rings (SSSR count). The van der Waals surface area contributed by atoms with Crippen LogP contribution >= 0.6 is 0 Å². The molecule has 2 aromatic rings. The van der Waals surface area contributed by atoms with Crippen LogP contribution in [0, 0.1) is 5.92 Å². The summed E-state index contributed by atoms with van der Waals surface area (Å²) in [6.07, 6.45) is 0. The predicted molar refractivity (Wildman–Crippen MR) is 98.2 cm³/mol. The SMILES string of the molecule is CC(C)C(=O)Nc1ccc(C(=O)N(CCO)Cc2ccccc2)cc1. The number of hydrogen-bond acceptors (Lipinski definition) is 3. The molecular weight excluding hydrogens is 316 g/mol. The Morgan fingerprint density at radius 3 is 2.24 bits per heavy atom. The lowest BCUT2D eigenvalue weighted by atomic mass is 10.1. The second kappa shape index (κ2) is 8.99. The van der Waals surface area contributed by atoms with Gasteiger partial charge in [-0.05, 0) is 29.8 Å². The molecule has 5 nitrogen and oxygen atoms in total. The molecule has 2 amide bonds. The number of aliphatic hydroxyl groups excluding tert-OH is 1. The van der Waals surface area contributed by atoms with E-state index in [4.69, 9.17) is 0 Å². The third kappa shape index (κ3) is 5.43. The molecule has 0 aliphatic rings. The van der Waals surface area contributed by atoms with Crippen molar-refractivity contribution in [1.82, 2.24) is 4.90 Å². The first-order chi connectivity index (χ1) is 12.0. The van der Waals surface area contributed by atoms with E-state index < -0.39 is 0 Å². The number of aliphatic hydroxyl groups is 1. The van der Waals surface area contributed by atoms with Crippen LogP contribution in [-0.2, 0) is 11.3 Å². The van der Waals surface area contributed by atoms with E-state index >= 15 is 0 Å². The van der Waals surface area contributed by atoms with E-state index in [1.165, 1.54) is 0 Å². The lowest BCUT2D eigenvalue weighted by Crippen LogP contribution is -2.33. The summed E-state index contributed by atoms with van der Waals surface area (Å²) in [5.74, 6) is -0.322. The Morgan fingerprint density at radius 2 is 1.68 bits per heavy atom. The van der Waals surface area contributed by atoms with Crippen LogP contribution in [0.3, 0.4) is 0 Å². The number of hydrogen-bond donors (Lipinski definition) is 2. The van der Waals surface area contributed by atoms with E-state index in [1.54, 1.807) is 29.2 Å². The topological polar surface area (TPSA) is 69.6 Å². The van der Waals surface area contributed by atoms with Crippen LogP contribution in [0.1, 0.15) is 29.8 Å². The normalized spacial score (nSPS) is 10.6. The summed E-state index contributed by atoms with van der Waals surface area (Å²) >= 11 is 0. The molecule has 0 radical (unpaired) electrons. The maximum absolute atomic E-state index is 12.7. The molecule has 2 aromatic carbocycles. The minimum atomic E-state index is -0.153. The van der Waals surface area contributed by atoms with Crippen molar-refractivity contribution in [2.45, 2.75) is 20.4 Å². The van der Waals surface area contributed by atoms with Gasteiger partial charge in [-0.1, -0.05) is 44.2 Å². The lowest BCUT2D eigenvalue weighted by Gasteiger charge is -2.22. The number of carbonyl (C=O) groups excluding carboxylic acids is 2. The first kappa shape index (κ1) is 18.7. The first-order valence-electron chi connectivity index (χ1n) is 8.36. The summed E-state index contributed by atoms with van der Waals surface area (Å²) in [7, 11) is 0. The Labute approximate surface area is 148 Å². The van der Waals surface area contributed by atoms with Crippen molar-refractivity contribution in [1.29, 1.82) is 0 Å². The highest BCUT2D eigenvalue weighted by Crippen LogP contribution is 2.14. The fourth-order valence-electron chi connectivity index (χ4n) is 2.34. The molecule has 2 N–H and O–H groups in total. The minimum absolute atomic E-state index is 0.0648. The van der Waals surface area contributed by atoms with E-state index in [1.807, 2.05) is 44.2 Å². The van der Waals surface area contributed by atoms with Gasteiger partial charge in [-0.15, -0.1) is 0 Å². The van der Waals surface area contributed by atoms with Gasteiger partial charge in [-0.2, -0.15) is 0 Å². The molecule has 0 saturated carbocycles. The van der Waals surface area contributed by atoms with Gasteiger partial charge in [-0.25, -0.2) is 0 Å². The highest BCUT2D eigenvalue weighted by molar-refractivity contribution is 5.96. The average Bonchev–Trinajstić information content (AvgIpc) is 2.62. The molecule has 132 valence electrons. The second-order valence-corrected chi connectivity index (χ2v) is 6.16. The average molecular weight is 340 g/mol. The van der Waals surface area contributed by atoms with Crippen molar-refractivity contribution in [2.24, 2.45) is 5.92 Å². The van der Waals surface area contributed by atoms with Crippen LogP contribution in [0.5, 0.6) is 0 Å². The Balaban J connectivity index is 2.09. The van der Waals surface area contributed by atoms with Crippen LogP contribution in [0.4, 0.5) is 5.69 Å². The number of nitrogens with one attached hydrogen (secondary N) is 1. The fraction of sp³-hybridized carbons (Fsp3) is 0.300. The van der Waals surface area contributed by atoms with Gasteiger partial charge in [-0.3, -0.25) is 9.59 Å². The van der Waals surface area contributed by atoms with Gasteiger partial charge in [0.05, 0.1) is 6.61 Å². The van der Waals surface area contributed by atoms with Gasteiger partial charge in [0.1, 0.15) is 0 Å². The van der Waals surface area contributed by atoms with Crippen molar-refractivity contribution in [2.75, 3.05) is 18.5 Å². The van der Waals surface area contributed by atoms with Crippen molar-refractivity contribution < 1.29 is 14.7 Å². The van der Waals surface area contributed by atoms with Crippen molar-refractivity contribution >= 4 is 17.5 Å². The number of carbonyl (C=O) groups is 2. The molecule has 0 aliphatic heterocycles. The quantitative estimate of drug-likeness (QED) is 0.814. The molecule has 0 fully saturated rings. The standard InChI is InChI=1S/C20H24N2O3/c1-15(2)19(24)21-18-10-8-17(9-11-18)20(25)22(12-13-23)14-16-6-4-3-5-7-16/h3-11,15,23H,12-14H2,1-2H3,(H,21,24). The molecule has 0 spiro atoms. The molecule has 0 saturated heterocycles. The summed E-state index contributed by atoms with van der Waals surface area (Å²) < 4.78 is 0. The summed E-state index contributed by atoms with van der Waals surface area (Å²) in [5.41, 5.74) is 2.18. The molecular formula is C20H24N2O3. The Hall–Kier alpha value is -2.66. The van der Waals surface area contributed by atoms with Crippen LogP contribution in [-0.4, -0.2) is 35.0 Å². The zero-order valence-electron chi connectivity index (χ0n) is 14.6.